The van der Waals surface area contributed by atoms with Gasteiger partial charge in [-0.15, -0.1) is 11.3 Å². The van der Waals surface area contributed by atoms with Crippen LogP contribution in [0.25, 0.3) is 0 Å². The van der Waals surface area contributed by atoms with E-state index >= 15 is 0 Å². The van der Waals surface area contributed by atoms with Gasteiger partial charge in [-0.3, -0.25) is 9.69 Å². The molecular formula is C13H20N4O2S. The molecule has 0 radical (unpaired) electrons. The van der Waals surface area contributed by atoms with Crippen molar-refractivity contribution in [1.29, 1.82) is 0 Å². The van der Waals surface area contributed by atoms with Gasteiger partial charge in [0, 0.05) is 24.7 Å². The van der Waals surface area contributed by atoms with Crippen LogP contribution in [0, 0.1) is 0 Å². The second-order valence-corrected chi connectivity index (χ2v) is 5.80. The topological polar surface area (TPSA) is 74.3 Å². The second kappa shape index (κ2) is 7.23. The number of hydrogen-bond donors (Lipinski definition) is 2. The van der Waals surface area contributed by atoms with Gasteiger partial charge in [-0.25, -0.2) is 9.78 Å². The average molecular weight is 296 g/mol. The molecule has 6 nitrogen and oxygen atoms in total. The van der Waals surface area contributed by atoms with Crippen molar-refractivity contribution in [3.8, 4) is 0 Å². The Balaban J connectivity index is 1.71. The van der Waals surface area contributed by atoms with E-state index in [1.165, 1.54) is 22.7 Å². The zero-order valence-electron chi connectivity index (χ0n) is 11.6. The fraction of sp³-hybridized carbons (Fsp3) is 0.615. The largest absolute Gasteiger partial charge is 0.335 e. The number of urea groups is 1. The van der Waals surface area contributed by atoms with Gasteiger partial charge >= 0.3 is 6.03 Å². The van der Waals surface area contributed by atoms with Gasteiger partial charge in [-0.2, -0.15) is 0 Å². The van der Waals surface area contributed by atoms with Crippen LogP contribution in [0.1, 0.15) is 32.1 Å². The van der Waals surface area contributed by atoms with E-state index in [1.807, 2.05) is 5.38 Å². The van der Waals surface area contributed by atoms with E-state index < -0.39 is 0 Å². The number of aromatic nitrogens is 1. The van der Waals surface area contributed by atoms with Crippen molar-refractivity contribution in [2.45, 2.75) is 38.1 Å². The summed E-state index contributed by atoms with van der Waals surface area (Å²) in [5.41, 5.74) is 0. The maximum absolute atomic E-state index is 11.9. The third-order valence-corrected chi connectivity index (χ3v) is 4.27. The molecule has 20 heavy (non-hydrogen) atoms. The van der Waals surface area contributed by atoms with Crippen LogP contribution in [-0.4, -0.2) is 36.6 Å². The molecule has 2 rings (SSSR count). The second-order valence-electron chi connectivity index (χ2n) is 4.93. The van der Waals surface area contributed by atoms with Gasteiger partial charge in [0.2, 0.25) is 5.91 Å². The number of hydrogen-bond acceptors (Lipinski definition) is 4. The molecule has 2 N–H and O–H groups in total. The number of carbonyl (C=O) groups excluding carboxylic acids is 2. The van der Waals surface area contributed by atoms with Crippen LogP contribution in [0.2, 0.25) is 0 Å². The molecule has 3 amide bonds. The summed E-state index contributed by atoms with van der Waals surface area (Å²) in [6, 6.07) is -0.0201. The van der Waals surface area contributed by atoms with E-state index in [2.05, 4.69) is 15.6 Å². The van der Waals surface area contributed by atoms with Crippen molar-refractivity contribution < 1.29 is 9.59 Å². The first-order valence-electron chi connectivity index (χ1n) is 6.87. The Morgan fingerprint density at radius 3 is 2.80 bits per heavy atom. The van der Waals surface area contributed by atoms with E-state index in [1.54, 1.807) is 13.2 Å². The molecule has 0 aliphatic heterocycles. The van der Waals surface area contributed by atoms with E-state index in [0.29, 0.717) is 5.13 Å². The molecule has 1 aliphatic carbocycles. The van der Waals surface area contributed by atoms with Gasteiger partial charge in [0.15, 0.2) is 5.13 Å². The van der Waals surface area contributed by atoms with Crippen LogP contribution >= 0.6 is 11.3 Å². The average Bonchev–Trinajstić information content (AvgIpc) is 2.99. The maximum Gasteiger partial charge on any atom is 0.315 e. The summed E-state index contributed by atoms with van der Waals surface area (Å²) in [5.74, 6) is -0.182. The zero-order chi connectivity index (χ0) is 14.4. The smallest absolute Gasteiger partial charge is 0.315 e. The molecule has 110 valence electrons. The van der Waals surface area contributed by atoms with Crippen molar-refractivity contribution in [3.63, 3.8) is 0 Å². The molecule has 0 unspecified atom stereocenters. The number of carbonyl (C=O) groups is 2. The van der Waals surface area contributed by atoms with Crippen molar-refractivity contribution >= 4 is 28.4 Å². The molecule has 0 atom stereocenters. The van der Waals surface area contributed by atoms with Gasteiger partial charge in [-0.1, -0.05) is 19.3 Å². The summed E-state index contributed by atoms with van der Waals surface area (Å²) in [6.45, 7) is -0.0192. The van der Waals surface area contributed by atoms with Crippen molar-refractivity contribution in [2.24, 2.45) is 0 Å². The minimum atomic E-state index is -0.266. The lowest BCUT2D eigenvalue weighted by Crippen LogP contribution is -2.46. The first-order chi connectivity index (χ1) is 9.66. The summed E-state index contributed by atoms with van der Waals surface area (Å²) in [5, 5.41) is 7.96. The minimum absolute atomic E-state index is 0.0192. The van der Waals surface area contributed by atoms with Gasteiger partial charge < -0.3 is 10.6 Å². The highest BCUT2D eigenvalue weighted by Crippen LogP contribution is 2.17. The number of nitrogens with one attached hydrogen (secondary N) is 2. The highest BCUT2D eigenvalue weighted by atomic mass is 32.1. The highest BCUT2D eigenvalue weighted by molar-refractivity contribution is 7.13. The molecule has 1 aromatic rings. The monoisotopic (exact) mass is 296 g/mol. The van der Waals surface area contributed by atoms with Crippen molar-refractivity contribution in [2.75, 3.05) is 18.5 Å². The standard InChI is InChI=1S/C13H20N4O2S/c1-17(13-14-7-8-20-13)11(18)9-15-12(19)16-10-5-3-2-4-6-10/h7-8,10H,2-6,9H2,1H3,(H2,15,16,19). The summed E-state index contributed by atoms with van der Waals surface area (Å²) in [4.78, 5) is 29.1. The van der Waals surface area contributed by atoms with E-state index in [4.69, 9.17) is 0 Å². The lowest BCUT2D eigenvalue weighted by molar-refractivity contribution is -0.117. The third-order valence-electron chi connectivity index (χ3n) is 3.42. The van der Waals surface area contributed by atoms with Crippen LogP contribution in [0.5, 0.6) is 0 Å². The van der Waals surface area contributed by atoms with Gasteiger partial charge in [-0.05, 0) is 12.8 Å². The van der Waals surface area contributed by atoms with E-state index in [9.17, 15) is 9.59 Å². The summed E-state index contributed by atoms with van der Waals surface area (Å²) in [7, 11) is 1.65. The Bertz CT molecular complexity index is 443. The fourth-order valence-corrected chi connectivity index (χ4v) is 2.87. The molecule has 1 heterocycles. The maximum atomic E-state index is 11.9. The van der Waals surface area contributed by atoms with Crippen molar-refractivity contribution in [1.82, 2.24) is 15.6 Å². The summed E-state index contributed by atoms with van der Waals surface area (Å²) >= 11 is 1.39. The molecule has 0 bridgehead atoms. The first kappa shape index (κ1) is 14.8. The lowest BCUT2D eigenvalue weighted by atomic mass is 9.96. The molecule has 7 heteroatoms. The highest BCUT2D eigenvalue weighted by Gasteiger charge is 2.17. The van der Waals surface area contributed by atoms with Gasteiger partial charge in [0.1, 0.15) is 0 Å². The van der Waals surface area contributed by atoms with Crippen LogP contribution in [-0.2, 0) is 4.79 Å². The molecule has 0 saturated heterocycles. The summed E-state index contributed by atoms with van der Waals surface area (Å²) < 4.78 is 0. The number of nitrogens with zero attached hydrogens (tertiary/aromatic N) is 2. The molecule has 1 aliphatic rings. The lowest BCUT2D eigenvalue weighted by Gasteiger charge is -2.23. The van der Waals surface area contributed by atoms with E-state index in [0.717, 1.165) is 25.7 Å². The van der Waals surface area contributed by atoms with Crippen molar-refractivity contribution in [3.05, 3.63) is 11.6 Å². The SMILES string of the molecule is CN(C(=O)CNC(=O)NC1CCCCC1)c1nccs1. The molecule has 1 fully saturated rings. The Morgan fingerprint density at radius 1 is 1.40 bits per heavy atom. The quantitative estimate of drug-likeness (QED) is 0.888. The Morgan fingerprint density at radius 2 is 2.15 bits per heavy atom. The Labute approximate surface area is 122 Å². The fourth-order valence-electron chi connectivity index (χ4n) is 2.25. The predicted molar refractivity (Wildman–Crippen MR) is 78.9 cm³/mol. The number of thiazole rings is 1. The normalized spacial score (nSPS) is 15.7. The van der Waals surface area contributed by atoms with Crippen LogP contribution in [0.3, 0.4) is 0 Å². The Hall–Kier alpha value is -1.63. The number of likely N-dealkylation sites (N-methyl/N-ethyl adjacent to an activating group) is 1. The number of rotatable bonds is 4. The molecular weight excluding hydrogens is 276 g/mol. The molecule has 0 aromatic carbocycles. The Kier molecular flexibility index (Phi) is 5.34. The molecule has 1 saturated carbocycles. The third kappa shape index (κ3) is 4.19. The molecule has 1 aromatic heterocycles. The number of amides is 3. The first-order valence-corrected chi connectivity index (χ1v) is 7.75. The zero-order valence-corrected chi connectivity index (χ0v) is 12.4. The van der Waals surface area contributed by atoms with Gasteiger partial charge in [0.25, 0.3) is 0 Å². The van der Waals surface area contributed by atoms with E-state index in [-0.39, 0.29) is 24.5 Å². The van der Waals surface area contributed by atoms with Gasteiger partial charge in [0.05, 0.1) is 6.54 Å². The molecule has 0 spiro atoms. The van der Waals surface area contributed by atoms with Crippen LogP contribution in [0.15, 0.2) is 11.6 Å². The minimum Gasteiger partial charge on any atom is -0.335 e. The van der Waals surface area contributed by atoms with Crippen LogP contribution < -0.4 is 15.5 Å². The summed E-state index contributed by atoms with van der Waals surface area (Å²) in [6.07, 6.45) is 7.28. The predicted octanol–water partition coefficient (Wildman–Crippen LogP) is 1.74. The number of anilines is 1. The van der Waals surface area contributed by atoms with Crippen LogP contribution in [0.4, 0.5) is 9.93 Å².